The zero-order valence-corrected chi connectivity index (χ0v) is 30.5. The molecule has 1 aliphatic rings. The number of carbonyl (C=O) groups is 2. The maximum atomic E-state index is 13.2. The smallest absolute Gasteiger partial charge is 0.383 e. The van der Waals surface area contributed by atoms with E-state index < -0.39 is 11.6 Å². The normalized spacial score (nSPS) is 17.3. The van der Waals surface area contributed by atoms with Crippen molar-refractivity contribution in [2.45, 2.75) is 71.1 Å². The Balaban J connectivity index is 0.000000410. The Morgan fingerprint density at radius 1 is 1.10 bits per heavy atom. The van der Waals surface area contributed by atoms with Gasteiger partial charge in [-0.3, -0.25) is 14.5 Å². The topological polar surface area (TPSA) is 100 Å². The number of rotatable bonds is 8. The molecule has 0 radical (unpaired) electrons. The summed E-state index contributed by atoms with van der Waals surface area (Å²) in [5, 5.41) is 7.54. The van der Waals surface area contributed by atoms with Gasteiger partial charge in [-0.1, -0.05) is 24.6 Å². The number of carbonyl (C=O) groups excluding carboxylic acids is 2. The van der Waals surface area contributed by atoms with E-state index in [0.29, 0.717) is 49.4 Å². The Hall–Kier alpha value is -1.54. The molecule has 0 spiro atoms. The van der Waals surface area contributed by atoms with Gasteiger partial charge in [-0.15, -0.1) is 0 Å². The number of aromatic nitrogens is 1. The predicted octanol–water partition coefficient (Wildman–Crippen LogP) is 1.79. The van der Waals surface area contributed by atoms with Gasteiger partial charge in [0.25, 0.3) is 0 Å². The first kappa shape index (κ1) is 36.5. The van der Waals surface area contributed by atoms with Crippen LogP contribution in [0, 0.1) is 19.1 Å². The first-order valence-electron chi connectivity index (χ1n) is 13.0. The van der Waals surface area contributed by atoms with Crippen LogP contribution in [0.5, 0.6) is 0 Å². The quantitative estimate of drug-likeness (QED) is 0.250. The average Bonchev–Trinajstić information content (AvgIpc) is 2.88. The van der Waals surface area contributed by atoms with Crippen molar-refractivity contribution in [2.75, 3.05) is 12.3 Å². The number of benzene rings is 2. The van der Waals surface area contributed by atoms with Gasteiger partial charge in [-0.2, -0.15) is 0 Å². The van der Waals surface area contributed by atoms with Gasteiger partial charge in [-0.05, 0) is 80.8 Å². The number of halogens is 2. The third-order valence-corrected chi connectivity index (χ3v) is 6.88. The number of nitrogen functional groups attached to an aromatic ring is 1. The molecule has 2 amide bonds. The molecule has 0 bridgehead atoms. The molecule has 2 heterocycles. The zero-order valence-electron chi connectivity index (χ0n) is 24.2. The van der Waals surface area contributed by atoms with Crippen LogP contribution in [0.3, 0.4) is 0 Å². The van der Waals surface area contributed by atoms with E-state index in [9.17, 15) is 18.4 Å². The van der Waals surface area contributed by atoms with E-state index in [2.05, 4.69) is 34.4 Å². The first-order valence-corrected chi connectivity index (χ1v) is 13.0. The second-order valence-electron chi connectivity index (χ2n) is 9.97. The van der Waals surface area contributed by atoms with Crippen LogP contribution in [0.15, 0.2) is 48.7 Å². The van der Waals surface area contributed by atoms with Crippen LogP contribution in [0.4, 0.5) is 14.6 Å². The van der Waals surface area contributed by atoms with Gasteiger partial charge in [0.1, 0.15) is 5.82 Å². The van der Waals surface area contributed by atoms with Crippen LogP contribution >= 0.6 is 0 Å². The minimum absolute atomic E-state index is 0. The van der Waals surface area contributed by atoms with E-state index >= 15 is 0 Å². The number of likely N-dealkylation sites (tertiary alicyclic amines) is 1. The molecule has 7 nitrogen and oxygen atoms in total. The van der Waals surface area contributed by atoms with Crippen LogP contribution in [-0.4, -0.2) is 46.9 Å². The maximum absolute atomic E-state index is 13.2. The van der Waals surface area contributed by atoms with Crippen molar-refractivity contribution < 1.29 is 87.3 Å². The van der Waals surface area contributed by atoms with E-state index in [4.69, 9.17) is 5.73 Å². The number of anilines is 1. The molecule has 3 aromatic rings. The maximum Gasteiger partial charge on any atom is 1.00 e. The van der Waals surface area contributed by atoms with Gasteiger partial charge in [0.2, 0.25) is 12.3 Å². The molecule has 0 saturated carbocycles. The van der Waals surface area contributed by atoms with Crippen molar-refractivity contribution in [1.29, 1.82) is 0 Å². The number of hydrogen-bond acceptors (Lipinski definition) is 5. The number of nitrogens with zero attached hydrogens (tertiary/aromatic N) is 2. The van der Waals surface area contributed by atoms with Gasteiger partial charge in [0, 0.05) is 36.3 Å². The summed E-state index contributed by atoms with van der Waals surface area (Å²) in [5.74, 6) is -1.18. The van der Waals surface area contributed by atoms with E-state index in [1.807, 2.05) is 31.2 Å². The second-order valence-corrected chi connectivity index (χ2v) is 9.97. The predicted molar refractivity (Wildman–Crippen MR) is 153 cm³/mol. The Morgan fingerprint density at radius 3 is 2.42 bits per heavy atom. The minimum Gasteiger partial charge on any atom is -0.383 e. The molecular formula is C30H40CsF2N5O2. The Kier molecular flexibility index (Phi) is 16.5. The number of nitrogens with one attached hydrogen (secondary N) is 2. The van der Waals surface area contributed by atoms with Crippen molar-refractivity contribution >= 4 is 28.9 Å². The Labute approximate surface area is 295 Å². The number of piperidine rings is 1. The average molecular weight is 674 g/mol. The second kappa shape index (κ2) is 18.1. The van der Waals surface area contributed by atoms with Crippen LogP contribution in [0.1, 0.15) is 51.2 Å². The largest absolute Gasteiger partial charge is 1.00 e. The molecule has 1 aromatic heterocycles. The molecule has 10 heteroatoms. The first-order chi connectivity index (χ1) is 18.2. The molecule has 2 aromatic carbocycles. The van der Waals surface area contributed by atoms with Gasteiger partial charge >= 0.3 is 68.9 Å². The van der Waals surface area contributed by atoms with Gasteiger partial charge in [0.15, 0.2) is 11.6 Å². The number of fused-ring (bicyclic) bond motifs is 1. The molecule has 3 atom stereocenters. The fourth-order valence-electron chi connectivity index (χ4n) is 4.86. The molecule has 1 aliphatic heterocycles. The summed E-state index contributed by atoms with van der Waals surface area (Å²) >= 11 is 0. The van der Waals surface area contributed by atoms with E-state index in [-0.39, 0.29) is 88.3 Å². The van der Waals surface area contributed by atoms with E-state index in [0.717, 1.165) is 35.2 Å². The summed E-state index contributed by atoms with van der Waals surface area (Å²) < 4.78 is 26.1. The van der Waals surface area contributed by atoms with Crippen molar-refractivity contribution in [1.82, 2.24) is 20.5 Å². The molecule has 4 N–H and O–H groups in total. The molecule has 212 valence electrons. The summed E-state index contributed by atoms with van der Waals surface area (Å²) in [5.41, 5.74) is 7.44. The van der Waals surface area contributed by atoms with Crippen molar-refractivity contribution in [3.05, 3.63) is 78.8 Å². The molecule has 0 aliphatic carbocycles. The third kappa shape index (κ3) is 11.0. The summed E-state index contributed by atoms with van der Waals surface area (Å²) in [7, 11) is 0. The summed E-state index contributed by atoms with van der Waals surface area (Å²) in [6, 6.07) is 12.3. The van der Waals surface area contributed by atoms with Gasteiger partial charge in [0.05, 0.1) is 6.54 Å². The van der Waals surface area contributed by atoms with E-state index in [1.165, 1.54) is 12.5 Å². The standard InChI is InChI=1S/C18H26F2N2O.C11H11N3O.CH3.Cs/c1-12(9-15-7-8-16(19)17(20)10-15)21-18(23)11-22-13(2)5-4-6-14(22)3;12-11-10-2-1-8(6-13-7-15)5-9(10)3-4-14-11;;/h7-8,10,12-14H,4-6,9,11H2,1-3H3,(H,21,23);1-5,7H,6H2,(H2,12,14)(H,13,15);1H3;/q;;-1;+1/t12-,13?,14?;;;/m1.../s1. The fraction of sp³-hybridized carbons (Fsp3) is 0.400. The zero-order chi connectivity index (χ0) is 27.7. The molecular weight excluding hydrogens is 633 g/mol. The summed E-state index contributed by atoms with van der Waals surface area (Å²) in [6.07, 6.45) is 6.31. The molecule has 1 saturated heterocycles. The Morgan fingerprint density at radius 2 is 1.77 bits per heavy atom. The monoisotopic (exact) mass is 673 g/mol. The summed E-state index contributed by atoms with van der Waals surface area (Å²) in [6.45, 7) is 7.12. The number of hydrogen-bond donors (Lipinski definition) is 3. The molecule has 4 rings (SSSR count). The van der Waals surface area contributed by atoms with Gasteiger partial charge in [-0.25, -0.2) is 13.8 Å². The van der Waals surface area contributed by atoms with E-state index in [1.54, 1.807) is 12.3 Å². The number of nitrogens with two attached hydrogens (primary N) is 1. The number of amides is 2. The van der Waals surface area contributed by atoms with Crippen LogP contribution in [0.2, 0.25) is 0 Å². The fourth-order valence-corrected chi connectivity index (χ4v) is 4.86. The van der Waals surface area contributed by atoms with Crippen LogP contribution in [0.25, 0.3) is 10.8 Å². The molecule has 40 heavy (non-hydrogen) atoms. The van der Waals surface area contributed by atoms with Crippen molar-refractivity contribution in [2.24, 2.45) is 0 Å². The molecule has 1 fully saturated rings. The third-order valence-electron chi connectivity index (χ3n) is 6.88. The van der Waals surface area contributed by atoms with Gasteiger partial charge < -0.3 is 23.8 Å². The number of pyridine rings is 1. The molecule has 2 unspecified atom stereocenters. The van der Waals surface area contributed by atoms with Crippen LogP contribution < -0.4 is 85.3 Å². The minimum atomic E-state index is -0.850. The van der Waals surface area contributed by atoms with Crippen molar-refractivity contribution in [3.8, 4) is 0 Å². The van der Waals surface area contributed by atoms with Crippen LogP contribution in [-0.2, 0) is 22.6 Å². The van der Waals surface area contributed by atoms with Crippen molar-refractivity contribution in [3.63, 3.8) is 0 Å². The Bertz CT molecular complexity index is 1240. The summed E-state index contributed by atoms with van der Waals surface area (Å²) in [4.78, 5) is 28.6. The SMILES string of the molecule is CC1CCCC(C)N1CC(=O)N[C@H](C)Cc1ccc(F)c(F)c1.Nc1nccc2cc(CNC=O)ccc12.[CH3-].[Cs+].